The van der Waals surface area contributed by atoms with Crippen LogP contribution in [0.2, 0.25) is 0 Å². The molecule has 1 aromatic carbocycles. The number of hydrogen-bond acceptors (Lipinski definition) is 5. The topological polar surface area (TPSA) is 49.8 Å². The van der Waals surface area contributed by atoms with E-state index in [1.165, 1.54) is 16.8 Å². The molecule has 0 saturated heterocycles. The molecule has 0 saturated carbocycles. The van der Waals surface area contributed by atoms with E-state index in [4.69, 9.17) is 0 Å². The fraction of sp³-hybridized carbons (Fsp3) is 0.333. The third-order valence-corrected chi connectivity index (χ3v) is 4.04. The summed E-state index contributed by atoms with van der Waals surface area (Å²) < 4.78 is 0. The molecule has 1 aliphatic rings. The van der Waals surface area contributed by atoms with Gasteiger partial charge in [0.2, 0.25) is 0 Å². The SMILES string of the molecule is CSc1nc2c(c(Nc3ccccc3C)n1)CNCC2. The second-order valence-electron chi connectivity index (χ2n) is 4.85. The molecule has 2 aromatic rings. The third-order valence-electron chi connectivity index (χ3n) is 3.49. The summed E-state index contributed by atoms with van der Waals surface area (Å²) in [6, 6.07) is 8.27. The maximum absolute atomic E-state index is 4.64. The zero-order chi connectivity index (χ0) is 13.9. The van der Waals surface area contributed by atoms with E-state index in [9.17, 15) is 0 Å². The van der Waals surface area contributed by atoms with Crippen LogP contribution in [0.5, 0.6) is 0 Å². The number of anilines is 2. The molecule has 20 heavy (non-hydrogen) atoms. The molecule has 0 spiro atoms. The highest BCUT2D eigenvalue weighted by atomic mass is 32.2. The fourth-order valence-corrected chi connectivity index (χ4v) is 2.74. The van der Waals surface area contributed by atoms with Crippen LogP contribution in [0.1, 0.15) is 16.8 Å². The molecule has 0 amide bonds. The number of aromatic nitrogens is 2. The van der Waals surface area contributed by atoms with Crippen LogP contribution in [-0.4, -0.2) is 22.8 Å². The summed E-state index contributed by atoms with van der Waals surface area (Å²) in [6.07, 6.45) is 2.98. The van der Waals surface area contributed by atoms with Crippen LogP contribution in [0, 0.1) is 6.92 Å². The van der Waals surface area contributed by atoms with E-state index in [1.807, 2.05) is 18.4 Å². The van der Waals surface area contributed by atoms with Gasteiger partial charge in [-0.3, -0.25) is 0 Å². The van der Waals surface area contributed by atoms with Gasteiger partial charge >= 0.3 is 0 Å². The van der Waals surface area contributed by atoms with Crippen LogP contribution in [-0.2, 0) is 13.0 Å². The van der Waals surface area contributed by atoms with Crippen LogP contribution in [0.4, 0.5) is 11.5 Å². The standard InChI is InChI=1S/C15H18N4S/c1-10-5-3-4-6-12(10)17-14-11-9-16-8-7-13(11)18-15(19-14)20-2/h3-6,16H,7-9H2,1-2H3,(H,17,18,19). The molecule has 1 aromatic heterocycles. The first-order valence-electron chi connectivity index (χ1n) is 6.75. The molecule has 2 N–H and O–H groups in total. The fourth-order valence-electron chi connectivity index (χ4n) is 2.36. The quantitative estimate of drug-likeness (QED) is 0.671. The lowest BCUT2D eigenvalue weighted by molar-refractivity contribution is 0.619. The van der Waals surface area contributed by atoms with Gasteiger partial charge in [0.15, 0.2) is 5.16 Å². The van der Waals surface area contributed by atoms with Crippen molar-refractivity contribution in [2.45, 2.75) is 25.0 Å². The van der Waals surface area contributed by atoms with Crippen molar-refractivity contribution in [2.24, 2.45) is 0 Å². The maximum Gasteiger partial charge on any atom is 0.189 e. The summed E-state index contributed by atoms with van der Waals surface area (Å²) in [5.41, 5.74) is 4.68. The van der Waals surface area contributed by atoms with E-state index in [1.54, 1.807) is 11.8 Å². The Labute approximate surface area is 123 Å². The van der Waals surface area contributed by atoms with Crippen molar-refractivity contribution in [1.82, 2.24) is 15.3 Å². The minimum Gasteiger partial charge on any atom is -0.340 e. The van der Waals surface area contributed by atoms with Crippen molar-refractivity contribution in [3.63, 3.8) is 0 Å². The lowest BCUT2D eigenvalue weighted by atomic mass is 10.1. The Hall–Kier alpha value is -1.59. The summed E-state index contributed by atoms with van der Waals surface area (Å²) in [7, 11) is 0. The molecule has 0 fully saturated rings. The molecule has 3 rings (SSSR count). The number of nitrogens with one attached hydrogen (secondary N) is 2. The van der Waals surface area contributed by atoms with Crippen molar-refractivity contribution < 1.29 is 0 Å². The van der Waals surface area contributed by atoms with Gasteiger partial charge < -0.3 is 10.6 Å². The van der Waals surface area contributed by atoms with Gasteiger partial charge in [-0.2, -0.15) is 0 Å². The Morgan fingerprint density at radius 2 is 2.10 bits per heavy atom. The van der Waals surface area contributed by atoms with Gasteiger partial charge in [-0.25, -0.2) is 9.97 Å². The van der Waals surface area contributed by atoms with Crippen molar-refractivity contribution in [1.29, 1.82) is 0 Å². The van der Waals surface area contributed by atoms with Crippen LogP contribution in [0.25, 0.3) is 0 Å². The Bertz CT molecular complexity index is 627. The van der Waals surface area contributed by atoms with Gasteiger partial charge in [-0.1, -0.05) is 30.0 Å². The third kappa shape index (κ3) is 2.64. The highest BCUT2D eigenvalue weighted by Crippen LogP contribution is 2.27. The van der Waals surface area contributed by atoms with E-state index < -0.39 is 0 Å². The van der Waals surface area contributed by atoms with E-state index in [2.05, 4.69) is 39.7 Å². The van der Waals surface area contributed by atoms with Gasteiger partial charge in [-0.15, -0.1) is 0 Å². The second-order valence-corrected chi connectivity index (χ2v) is 5.62. The summed E-state index contributed by atoms with van der Waals surface area (Å²) >= 11 is 1.59. The molecular weight excluding hydrogens is 268 g/mol. The molecule has 4 nitrogen and oxygen atoms in total. The van der Waals surface area contributed by atoms with Crippen LogP contribution < -0.4 is 10.6 Å². The minimum atomic E-state index is 0.832. The Morgan fingerprint density at radius 1 is 1.25 bits per heavy atom. The summed E-state index contributed by atoms with van der Waals surface area (Å²) in [5, 5.41) is 7.70. The van der Waals surface area contributed by atoms with Gasteiger partial charge in [0.1, 0.15) is 5.82 Å². The van der Waals surface area contributed by atoms with Gasteiger partial charge in [0.05, 0.1) is 5.69 Å². The zero-order valence-electron chi connectivity index (χ0n) is 11.7. The van der Waals surface area contributed by atoms with Gasteiger partial charge in [0, 0.05) is 30.8 Å². The number of aryl methyl sites for hydroxylation is 1. The molecule has 1 aliphatic heterocycles. The molecule has 0 bridgehead atoms. The number of rotatable bonds is 3. The van der Waals surface area contributed by atoms with Crippen molar-refractivity contribution >= 4 is 23.3 Å². The first kappa shape index (κ1) is 13.4. The monoisotopic (exact) mass is 286 g/mol. The van der Waals surface area contributed by atoms with Crippen molar-refractivity contribution in [3.05, 3.63) is 41.1 Å². The molecule has 0 radical (unpaired) electrons. The number of para-hydroxylation sites is 1. The van der Waals surface area contributed by atoms with E-state index >= 15 is 0 Å². The largest absolute Gasteiger partial charge is 0.340 e. The van der Waals surface area contributed by atoms with Crippen molar-refractivity contribution in [3.8, 4) is 0 Å². The summed E-state index contributed by atoms with van der Waals surface area (Å²) in [4.78, 5) is 9.27. The van der Waals surface area contributed by atoms with E-state index in [0.29, 0.717) is 0 Å². The van der Waals surface area contributed by atoms with E-state index in [-0.39, 0.29) is 0 Å². The average molecular weight is 286 g/mol. The number of hydrogen-bond donors (Lipinski definition) is 2. The zero-order valence-corrected chi connectivity index (χ0v) is 12.5. The molecule has 5 heteroatoms. The Morgan fingerprint density at radius 3 is 2.90 bits per heavy atom. The van der Waals surface area contributed by atoms with Crippen LogP contribution in [0.3, 0.4) is 0 Å². The summed E-state index contributed by atoms with van der Waals surface area (Å²) in [5.74, 6) is 0.931. The molecule has 0 aliphatic carbocycles. The number of benzene rings is 1. The van der Waals surface area contributed by atoms with Gasteiger partial charge in [0.25, 0.3) is 0 Å². The molecule has 0 unspecified atom stereocenters. The summed E-state index contributed by atoms with van der Waals surface area (Å²) in [6.45, 7) is 3.92. The minimum absolute atomic E-state index is 0.832. The highest BCUT2D eigenvalue weighted by Gasteiger charge is 2.17. The first-order valence-corrected chi connectivity index (χ1v) is 7.97. The number of fused-ring (bicyclic) bond motifs is 1. The van der Waals surface area contributed by atoms with Crippen LogP contribution in [0.15, 0.2) is 29.4 Å². The first-order chi connectivity index (χ1) is 9.78. The lowest BCUT2D eigenvalue weighted by Crippen LogP contribution is -2.26. The Kier molecular flexibility index (Phi) is 3.89. The molecule has 0 atom stereocenters. The normalized spacial score (nSPS) is 13.9. The maximum atomic E-state index is 4.64. The van der Waals surface area contributed by atoms with Crippen molar-refractivity contribution in [2.75, 3.05) is 18.1 Å². The van der Waals surface area contributed by atoms with Gasteiger partial charge in [-0.05, 0) is 24.8 Å². The smallest absolute Gasteiger partial charge is 0.189 e. The number of thioether (sulfide) groups is 1. The predicted octanol–water partition coefficient (Wildman–Crippen LogP) is 2.90. The lowest BCUT2D eigenvalue weighted by Gasteiger charge is -2.20. The molecular formula is C15H18N4S. The average Bonchev–Trinajstić information content (AvgIpc) is 2.49. The second kappa shape index (κ2) is 5.81. The van der Waals surface area contributed by atoms with Crippen LogP contribution >= 0.6 is 11.8 Å². The van der Waals surface area contributed by atoms with E-state index in [0.717, 1.165) is 36.2 Å². The number of nitrogens with zero attached hydrogens (tertiary/aromatic N) is 2. The molecule has 2 heterocycles. The predicted molar refractivity (Wildman–Crippen MR) is 83.7 cm³/mol. The Balaban J connectivity index is 2.02. The molecule has 104 valence electrons. The highest BCUT2D eigenvalue weighted by molar-refractivity contribution is 7.98.